The first kappa shape index (κ1) is 35.7. The van der Waals surface area contributed by atoms with Crippen LogP contribution in [0.25, 0.3) is 0 Å². The van der Waals surface area contributed by atoms with Gasteiger partial charge in [-0.3, -0.25) is 0 Å². The molecule has 0 aliphatic carbocycles. The van der Waals surface area contributed by atoms with E-state index in [1.165, 1.54) is 0 Å². The van der Waals surface area contributed by atoms with Crippen LogP contribution in [0.1, 0.15) is 0 Å². The van der Waals surface area contributed by atoms with Gasteiger partial charge in [0.15, 0.2) is 0 Å². The molecule has 0 aliphatic rings. The van der Waals surface area contributed by atoms with Crippen molar-refractivity contribution in [2.75, 3.05) is 0 Å². The maximum atomic E-state index is 0. The summed E-state index contributed by atoms with van der Waals surface area (Å²) >= 11 is 0. The van der Waals surface area contributed by atoms with Crippen molar-refractivity contribution < 1.29 is 51.2 Å². The van der Waals surface area contributed by atoms with Crippen LogP contribution in [0.3, 0.4) is 0 Å². The summed E-state index contributed by atoms with van der Waals surface area (Å²) in [6.07, 6.45) is 0. The van der Waals surface area contributed by atoms with Crippen LogP contribution in [0.15, 0.2) is 0 Å². The van der Waals surface area contributed by atoms with E-state index < -0.39 is 0 Å². The molecule has 0 fully saturated rings. The van der Waals surface area contributed by atoms with Gasteiger partial charge in [-0.25, -0.2) is 0 Å². The Balaban J connectivity index is 0. The normalized spacial score (nSPS) is 0. The van der Waals surface area contributed by atoms with E-state index in [0.717, 1.165) is 0 Å². The Morgan fingerprint density at radius 3 is 0.500 bits per heavy atom. The fourth-order valence-corrected chi connectivity index (χ4v) is 0. The predicted molar refractivity (Wildman–Crippen MR) is 5.75 cm³/mol. The maximum absolute atomic E-state index is 0. The standard InChI is InChI=1S/As.3Cu. The molecule has 0 rings (SSSR count). The van der Waals surface area contributed by atoms with Crippen molar-refractivity contribution in [3.63, 3.8) is 0 Å². The Hall–Kier alpha value is 2.12. The molecule has 0 saturated carbocycles. The van der Waals surface area contributed by atoms with E-state index in [4.69, 9.17) is 0 Å². The quantitative estimate of drug-likeness (QED) is 0.524. The van der Waals surface area contributed by atoms with Gasteiger partial charge in [-0.05, 0) is 0 Å². The Labute approximate surface area is 68.6 Å². The maximum Gasteiger partial charge on any atom is 0 e. The number of rotatable bonds is 0. The summed E-state index contributed by atoms with van der Waals surface area (Å²) in [6.45, 7) is 0. The summed E-state index contributed by atoms with van der Waals surface area (Å²) in [7, 11) is 0. The van der Waals surface area contributed by atoms with E-state index in [9.17, 15) is 0 Å². The van der Waals surface area contributed by atoms with E-state index in [0.29, 0.717) is 0 Å². The molecule has 4 heavy (non-hydrogen) atoms. The van der Waals surface area contributed by atoms with Gasteiger partial charge >= 0.3 is 0 Å². The number of hydrogen-bond donors (Lipinski definition) is 0. The largest absolute Gasteiger partial charge is 0 e. The van der Waals surface area contributed by atoms with E-state index in [2.05, 4.69) is 0 Å². The van der Waals surface area contributed by atoms with Gasteiger partial charge in [0.05, 0.1) is 0 Å². The first-order valence-corrected chi connectivity index (χ1v) is 0. The first-order chi connectivity index (χ1) is 0. The molecule has 6 radical (unpaired) electrons. The smallest absolute Gasteiger partial charge is 0 e. The molecule has 38 valence electrons. The van der Waals surface area contributed by atoms with Crippen molar-refractivity contribution in [1.82, 2.24) is 0 Å². The molecule has 0 N–H and O–H groups in total. The summed E-state index contributed by atoms with van der Waals surface area (Å²) in [5.74, 6) is 0. The Bertz CT molecular complexity index is 3.25. The molecule has 0 spiro atoms. The average Bonchev–Trinajstić information content (AvgIpc) is 0. The van der Waals surface area contributed by atoms with E-state index in [1.54, 1.807) is 0 Å². The minimum absolute atomic E-state index is 0. The molecule has 0 aromatic rings. The zero-order valence-electron chi connectivity index (χ0n) is 1.35. The minimum atomic E-state index is 0. The Morgan fingerprint density at radius 2 is 0.500 bits per heavy atom. The van der Waals surface area contributed by atoms with Gasteiger partial charge in [0, 0.05) is 69.2 Å². The van der Waals surface area contributed by atoms with Gasteiger partial charge < -0.3 is 0 Å². The van der Waals surface area contributed by atoms with E-state index in [1.807, 2.05) is 0 Å². The van der Waals surface area contributed by atoms with Crippen molar-refractivity contribution in [2.45, 2.75) is 0 Å². The van der Waals surface area contributed by atoms with E-state index in [-0.39, 0.29) is 69.2 Å². The second-order valence-electron chi connectivity index (χ2n) is 0. The average molecular weight is 266 g/mol. The Kier molecular flexibility index (Phi) is 173. The van der Waals surface area contributed by atoms with E-state index >= 15 is 0 Å². The molecule has 0 aromatic heterocycles. The van der Waals surface area contributed by atoms with Crippen LogP contribution in [0, 0.1) is 0 Å². The van der Waals surface area contributed by atoms with Gasteiger partial charge in [-0.2, -0.15) is 0 Å². The topological polar surface area (TPSA) is 0 Å². The fraction of sp³-hybridized carbons (Fsp3) is 0. The van der Waals surface area contributed by atoms with Crippen LogP contribution in [0.4, 0.5) is 0 Å². The minimum Gasteiger partial charge on any atom is 0 e. The van der Waals surface area contributed by atoms with Crippen molar-refractivity contribution in [3.05, 3.63) is 0 Å². The third kappa shape index (κ3) is 8.93. The van der Waals surface area contributed by atoms with Crippen LogP contribution in [-0.4, -0.2) is 18.0 Å². The van der Waals surface area contributed by atoms with Crippen LogP contribution in [0.5, 0.6) is 0 Å². The molecule has 0 heterocycles. The summed E-state index contributed by atoms with van der Waals surface area (Å²) in [4.78, 5) is 0. The fourth-order valence-electron chi connectivity index (χ4n) is 0. The summed E-state index contributed by atoms with van der Waals surface area (Å²) in [6, 6.07) is 0. The second kappa shape index (κ2) is 19.4. The summed E-state index contributed by atoms with van der Waals surface area (Å²) in [5.41, 5.74) is 0. The van der Waals surface area contributed by atoms with Crippen LogP contribution in [0.2, 0.25) is 0 Å². The van der Waals surface area contributed by atoms with Crippen LogP contribution < -0.4 is 0 Å². The third-order valence-electron chi connectivity index (χ3n) is 0. The zero-order chi connectivity index (χ0) is 0. The number of hydrogen-bond acceptors (Lipinski definition) is 0. The molecule has 0 aromatic carbocycles. The predicted octanol–water partition coefficient (Wildman–Crippen LogP) is -0.388. The molecule has 0 unspecified atom stereocenters. The van der Waals surface area contributed by atoms with Crippen molar-refractivity contribution in [2.24, 2.45) is 0 Å². The third-order valence-corrected chi connectivity index (χ3v) is 0. The van der Waals surface area contributed by atoms with Crippen molar-refractivity contribution in [1.29, 1.82) is 0 Å². The molecule has 0 amide bonds. The molecular formula is AsCu3. The van der Waals surface area contributed by atoms with Gasteiger partial charge in [0.2, 0.25) is 0 Å². The van der Waals surface area contributed by atoms with Gasteiger partial charge in [-0.1, -0.05) is 0 Å². The SMILES string of the molecule is [As].[Cu].[Cu].[Cu]. The molecular weight excluding hydrogens is 266 g/mol. The molecule has 0 bridgehead atoms. The second-order valence-corrected chi connectivity index (χ2v) is 0. The monoisotopic (exact) mass is 264 g/mol. The molecule has 4 heteroatoms. The summed E-state index contributed by atoms with van der Waals surface area (Å²) < 4.78 is 0. The van der Waals surface area contributed by atoms with Gasteiger partial charge in [0.25, 0.3) is 0 Å². The Morgan fingerprint density at radius 1 is 0.500 bits per heavy atom. The molecule has 0 saturated heterocycles. The van der Waals surface area contributed by atoms with Gasteiger partial charge in [0.1, 0.15) is 0 Å². The van der Waals surface area contributed by atoms with Crippen LogP contribution >= 0.6 is 0 Å². The first-order valence-electron chi connectivity index (χ1n) is 0. The summed E-state index contributed by atoms with van der Waals surface area (Å²) in [5, 5.41) is 0. The van der Waals surface area contributed by atoms with Gasteiger partial charge in [-0.15, -0.1) is 0 Å². The van der Waals surface area contributed by atoms with Crippen molar-refractivity contribution >= 4 is 18.0 Å². The zero-order valence-corrected chi connectivity index (χ0v) is 6.05. The molecule has 0 nitrogen and oxygen atoms in total. The molecule has 0 aliphatic heterocycles. The molecule has 0 atom stereocenters. The van der Waals surface area contributed by atoms with Crippen molar-refractivity contribution in [3.8, 4) is 0 Å². The van der Waals surface area contributed by atoms with Crippen LogP contribution in [-0.2, 0) is 51.2 Å².